The largest absolute Gasteiger partial charge is 0.344 e. The molecule has 1 N–H and O–H groups in total. The summed E-state index contributed by atoms with van der Waals surface area (Å²) in [6.45, 7) is 0.550. The Labute approximate surface area is 122 Å². The fourth-order valence-electron chi connectivity index (χ4n) is 3.93. The van der Waals surface area contributed by atoms with E-state index in [4.69, 9.17) is 0 Å². The highest BCUT2D eigenvalue weighted by Crippen LogP contribution is 2.53. The summed E-state index contributed by atoms with van der Waals surface area (Å²) in [4.78, 5) is 25.7. The van der Waals surface area contributed by atoms with Gasteiger partial charge in [0.1, 0.15) is 11.9 Å². The van der Waals surface area contributed by atoms with Crippen molar-refractivity contribution < 1.29 is 14.0 Å². The van der Waals surface area contributed by atoms with Gasteiger partial charge in [0.15, 0.2) is 0 Å². The summed E-state index contributed by atoms with van der Waals surface area (Å²) in [7, 11) is 0. The Kier molecular flexibility index (Phi) is 2.62. The number of halogens is 1. The first kappa shape index (κ1) is 12.8. The van der Waals surface area contributed by atoms with Crippen LogP contribution in [0.25, 0.3) is 0 Å². The van der Waals surface area contributed by atoms with Gasteiger partial charge < -0.3 is 10.2 Å². The number of carbonyl (C=O) groups excluding carboxylic acids is 2. The number of amides is 2. The lowest BCUT2D eigenvalue weighted by molar-refractivity contribution is -0.124. The molecule has 4 nitrogen and oxygen atoms in total. The molecule has 2 fully saturated rings. The second-order valence-corrected chi connectivity index (χ2v) is 6.35. The van der Waals surface area contributed by atoms with Crippen LogP contribution in [0.3, 0.4) is 0 Å². The average Bonchev–Trinajstić information content (AvgIpc) is 3.00. The van der Waals surface area contributed by atoms with Crippen LogP contribution in [0.4, 0.5) is 10.1 Å². The second kappa shape index (κ2) is 4.29. The molecule has 4 rings (SSSR count). The minimum Gasteiger partial charge on any atom is -0.344 e. The fourth-order valence-corrected chi connectivity index (χ4v) is 3.93. The van der Waals surface area contributed by atoms with E-state index in [9.17, 15) is 14.0 Å². The Morgan fingerprint density at radius 1 is 1.38 bits per heavy atom. The zero-order valence-corrected chi connectivity index (χ0v) is 11.7. The third kappa shape index (κ3) is 1.73. The maximum atomic E-state index is 14.3. The Morgan fingerprint density at radius 3 is 2.81 bits per heavy atom. The molecule has 0 aromatic heterocycles. The van der Waals surface area contributed by atoms with Crippen molar-refractivity contribution in [3.63, 3.8) is 0 Å². The summed E-state index contributed by atoms with van der Waals surface area (Å²) in [5, 5.41) is 2.72. The van der Waals surface area contributed by atoms with Gasteiger partial charge in [-0.1, -0.05) is 12.5 Å². The van der Waals surface area contributed by atoms with Crippen LogP contribution in [-0.2, 0) is 15.0 Å². The zero-order chi connectivity index (χ0) is 14.6. The molecule has 1 unspecified atom stereocenters. The van der Waals surface area contributed by atoms with Crippen molar-refractivity contribution in [3.05, 3.63) is 29.6 Å². The summed E-state index contributed by atoms with van der Waals surface area (Å²) in [5.41, 5.74) is 1.20. The molecule has 1 aromatic rings. The van der Waals surface area contributed by atoms with Crippen LogP contribution < -0.4 is 10.2 Å². The van der Waals surface area contributed by atoms with E-state index in [0.717, 1.165) is 19.3 Å². The van der Waals surface area contributed by atoms with E-state index in [1.54, 1.807) is 11.0 Å². The maximum absolute atomic E-state index is 14.3. The van der Waals surface area contributed by atoms with Crippen molar-refractivity contribution in [1.82, 2.24) is 5.32 Å². The first-order valence-corrected chi connectivity index (χ1v) is 7.50. The number of carbonyl (C=O) groups is 2. The molecule has 0 radical (unpaired) electrons. The molecule has 1 aliphatic carbocycles. The summed E-state index contributed by atoms with van der Waals surface area (Å²) in [6, 6.07) is 4.49. The first-order valence-electron chi connectivity index (χ1n) is 7.50. The maximum Gasteiger partial charge on any atom is 0.249 e. The highest BCUT2D eigenvalue weighted by Gasteiger charge is 2.51. The molecule has 0 bridgehead atoms. The third-order valence-corrected chi connectivity index (χ3v) is 5.14. The van der Waals surface area contributed by atoms with Crippen molar-refractivity contribution in [2.24, 2.45) is 0 Å². The van der Waals surface area contributed by atoms with Gasteiger partial charge in [0.2, 0.25) is 11.8 Å². The molecule has 3 aliphatic rings. The van der Waals surface area contributed by atoms with Crippen LogP contribution >= 0.6 is 0 Å². The number of fused-ring (bicyclic) bond motifs is 2. The van der Waals surface area contributed by atoms with E-state index >= 15 is 0 Å². The Hall–Kier alpha value is -1.91. The molecule has 2 heterocycles. The standard InChI is InChI=1S/C16H17FN2O2/c17-10-3-1-4-12-14(10)16(7-2-8-16)9-19(12)15(21)11-5-6-13(20)18-11/h1,3-4,11H,2,5-9H2,(H,18,20). The van der Waals surface area contributed by atoms with Crippen LogP contribution in [0.1, 0.15) is 37.7 Å². The Morgan fingerprint density at radius 2 is 2.19 bits per heavy atom. The minimum absolute atomic E-state index is 0.0784. The lowest BCUT2D eigenvalue weighted by Crippen LogP contribution is -2.47. The molecule has 1 spiro atoms. The first-order chi connectivity index (χ1) is 10.1. The molecule has 110 valence electrons. The van der Waals surface area contributed by atoms with Crippen molar-refractivity contribution in [2.45, 2.75) is 43.6 Å². The van der Waals surface area contributed by atoms with Gasteiger partial charge in [-0.2, -0.15) is 0 Å². The molecule has 5 heteroatoms. The van der Waals surface area contributed by atoms with E-state index < -0.39 is 6.04 Å². The number of nitrogens with one attached hydrogen (secondary N) is 1. The Balaban J connectivity index is 1.71. The smallest absolute Gasteiger partial charge is 0.249 e. The summed E-state index contributed by atoms with van der Waals surface area (Å²) in [6.07, 6.45) is 3.87. The molecule has 2 amide bonds. The van der Waals surface area contributed by atoms with Gasteiger partial charge in [-0.15, -0.1) is 0 Å². The van der Waals surface area contributed by atoms with E-state index in [1.807, 2.05) is 6.07 Å². The summed E-state index contributed by atoms with van der Waals surface area (Å²) >= 11 is 0. The van der Waals surface area contributed by atoms with Crippen molar-refractivity contribution in [1.29, 1.82) is 0 Å². The number of benzene rings is 1. The highest BCUT2D eigenvalue weighted by molar-refractivity contribution is 6.02. The van der Waals surface area contributed by atoms with E-state index in [-0.39, 0.29) is 23.0 Å². The van der Waals surface area contributed by atoms with Crippen LogP contribution in [0.15, 0.2) is 18.2 Å². The number of hydrogen-bond acceptors (Lipinski definition) is 2. The fraction of sp³-hybridized carbons (Fsp3) is 0.500. The van der Waals surface area contributed by atoms with Crippen LogP contribution in [0.2, 0.25) is 0 Å². The Bertz CT molecular complexity index is 639. The van der Waals surface area contributed by atoms with E-state index in [1.165, 1.54) is 6.07 Å². The van der Waals surface area contributed by atoms with Crippen molar-refractivity contribution in [3.8, 4) is 0 Å². The van der Waals surface area contributed by atoms with Gasteiger partial charge in [-0.05, 0) is 31.4 Å². The predicted molar refractivity (Wildman–Crippen MR) is 75.4 cm³/mol. The van der Waals surface area contributed by atoms with Crippen molar-refractivity contribution >= 4 is 17.5 Å². The lowest BCUT2D eigenvalue weighted by atomic mass is 9.65. The van der Waals surface area contributed by atoms with Crippen LogP contribution in [0, 0.1) is 5.82 Å². The van der Waals surface area contributed by atoms with Gasteiger partial charge in [0.25, 0.3) is 0 Å². The molecule has 1 saturated heterocycles. The van der Waals surface area contributed by atoms with Crippen LogP contribution in [0.5, 0.6) is 0 Å². The second-order valence-electron chi connectivity index (χ2n) is 6.35. The number of hydrogen-bond donors (Lipinski definition) is 1. The molecule has 1 atom stereocenters. The predicted octanol–water partition coefficient (Wildman–Crippen LogP) is 1.87. The number of anilines is 1. The van der Waals surface area contributed by atoms with Gasteiger partial charge in [0.05, 0.1) is 5.69 Å². The van der Waals surface area contributed by atoms with Gasteiger partial charge in [0, 0.05) is 23.9 Å². The normalized spacial score (nSPS) is 25.7. The SMILES string of the molecule is O=C1CCC(C(=O)N2CC3(CCC3)c3c(F)cccc32)N1. The topological polar surface area (TPSA) is 49.4 Å². The number of rotatable bonds is 1. The third-order valence-electron chi connectivity index (χ3n) is 5.14. The van der Waals surface area contributed by atoms with Crippen molar-refractivity contribution in [2.75, 3.05) is 11.4 Å². The molecular formula is C16H17FN2O2. The van der Waals surface area contributed by atoms with E-state index in [2.05, 4.69) is 5.32 Å². The molecule has 21 heavy (non-hydrogen) atoms. The molecule has 1 saturated carbocycles. The minimum atomic E-state index is -0.455. The quantitative estimate of drug-likeness (QED) is 0.857. The van der Waals surface area contributed by atoms with Gasteiger partial charge >= 0.3 is 0 Å². The van der Waals surface area contributed by atoms with Gasteiger partial charge in [-0.3, -0.25) is 9.59 Å². The molecular weight excluding hydrogens is 271 g/mol. The zero-order valence-electron chi connectivity index (χ0n) is 11.7. The molecule has 2 aliphatic heterocycles. The molecule has 1 aromatic carbocycles. The van der Waals surface area contributed by atoms with Gasteiger partial charge in [-0.25, -0.2) is 4.39 Å². The average molecular weight is 288 g/mol. The summed E-state index contributed by atoms with van der Waals surface area (Å²) < 4.78 is 14.3. The van der Waals surface area contributed by atoms with Crippen LogP contribution in [-0.4, -0.2) is 24.4 Å². The summed E-state index contributed by atoms with van der Waals surface area (Å²) in [5.74, 6) is -0.389. The lowest BCUT2D eigenvalue weighted by Gasteiger charge is -2.39. The highest BCUT2D eigenvalue weighted by atomic mass is 19.1. The van der Waals surface area contributed by atoms with E-state index in [0.29, 0.717) is 30.6 Å². The monoisotopic (exact) mass is 288 g/mol. The number of nitrogens with zero attached hydrogens (tertiary/aromatic N) is 1.